The molecule has 1 heterocycles. The van der Waals surface area contributed by atoms with Gasteiger partial charge >= 0.3 is 0 Å². The maximum Gasteiger partial charge on any atom is 0.281 e. The average Bonchev–Trinajstić information content (AvgIpc) is 2.24. The Labute approximate surface area is 104 Å². The van der Waals surface area contributed by atoms with E-state index in [9.17, 15) is 13.5 Å². The zero-order valence-electron chi connectivity index (χ0n) is 10.6. The summed E-state index contributed by atoms with van der Waals surface area (Å²) in [6.45, 7) is 3.21. The molecule has 0 amide bonds. The molecule has 3 N–H and O–H groups in total. The molecule has 102 valence electrons. The predicted octanol–water partition coefficient (Wildman–Crippen LogP) is -0.641. The van der Waals surface area contributed by atoms with Gasteiger partial charge in [0.1, 0.15) is 0 Å². The Hall–Kier alpha value is -0.210. The van der Waals surface area contributed by atoms with E-state index in [1.807, 2.05) is 0 Å². The Bertz CT molecular complexity index is 343. The normalized spacial score (nSPS) is 27.6. The van der Waals surface area contributed by atoms with Crippen LogP contribution in [0.25, 0.3) is 0 Å². The molecule has 0 aromatic carbocycles. The van der Waals surface area contributed by atoms with E-state index >= 15 is 0 Å². The number of hydrogen-bond donors (Lipinski definition) is 2. The second-order valence-corrected chi connectivity index (χ2v) is 6.94. The van der Waals surface area contributed by atoms with E-state index in [2.05, 4.69) is 0 Å². The summed E-state index contributed by atoms with van der Waals surface area (Å²) in [7, 11) is -1.90. The first-order valence-corrected chi connectivity index (χ1v) is 7.33. The fourth-order valence-electron chi connectivity index (χ4n) is 2.00. The number of nitrogens with two attached hydrogens (primary N) is 1. The summed E-state index contributed by atoms with van der Waals surface area (Å²) in [5.74, 6) is 0. The highest BCUT2D eigenvalue weighted by atomic mass is 32.2. The van der Waals surface area contributed by atoms with Crippen molar-refractivity contribution in [2.24, 2.45) is 5.73 Å². The van der Waals surface area contributed by atoms with Crippen molar-refractivity contribution in [2.75, 3.05) is 33.2 Å². The Morgan fingerprint density at radius 2 is 2.18 bits per heavy atom. The van der Waals surface area contributed by atoms with E-state index < -0.39 is 15.8 Å². The predicted molar refractivity (Wildman–Crippen MR) is 66.7 cm³/mol. The van der Waals surface area contributed by atoms with Crippen LogP contribution in [-0.2, 0) is 10.2 Å². The molecule has 1 aliphatic heterocycles. The van der Waals surface area contributed by atoms with Gasteiger partial charge in [0.25, 0.3) is 10.2 Å². The van der Waals surface area contributed by atoms with Gasteiger partial charge in [-0.2, -0.15) is 17.0 Å². The molecule has 1 aliphatic rings. The van der Waals surface area contributed by atoms with Gasteiger partial charge in [-0.3, -0.25) is 0 Å². The molecule has 1 saturated heterocycles. The summed E-state index contributed by atoms with van der Waals surface area (Å²) in [6.07, 6.45) is 1.97. The van der Waals surface area contributed by atoms with Gasteiger partial charge in [0, 0.05) is 26.7 Å². The van der Waals surface area contributed by atoms with Crippen molar-refractivity contribution in [1.82, 2.24) is 8.61 Å². The van der Waals surface area contributed by atoms with Crippen molar-refractivity contribution >= 4 is 10.2 Å². The molecule has 7 heteroatoms. The van der Waals surface area contributed by atoms with E-state index in [1.54, 1.807) is 14.0 Å². The summed E-state index contributed by atoms with van der Waals surface area (Å²) >= 11 is 0. The Morgan fingerprint density at radius 1 is 1.53 bits per heavy atom. The van der Waals surface area contributed by atoms with Gasteiger partial charge in [-0.15, -0.1) is 0 Å². The molecule has 1 rings (SSSR count). The van der Waals surface area contributed by atoms with E-state index in [0.717, 1.165) is 0 Å². The molecule has 0 aromatic heterocycles. The molecule has 0 aromatic rings. The summed E-state index contributed by atoms with van der Waals surface area (Å²) < 4.78 is 27.0. The first kappa shape index (κ1) is 14.8. The smallest absolute Gasteiger partial charge is 0.281 e. The third kappa shape index (κ3) is 3.89. The fraction of sp³-hybridized carbons (Fsp3) is 1.00. The molecule has 1 unspecified atom stereocenters. The highest BCUT2D eigenvalue weighted by Gasteiger charge is 2.36. The summed E-state index contributed by atoms with van der Waals surface area (Å²) in [4.78, 5) is 0. The minimum Gasteiger partial charge on any atom is -0.389 e. The van der Waals surface area contributed by atoms with Gasteiger partial charge in [-0.1, -0.05) is 0 Å². The highest BCUT2D eigenvalue weighted by Crippen LogP contribution is 2.23. The summed E-state index contributed by atoms with van der Waals surface area (Å²) in [6, 6.07) is 0. The second-order valence-electron chi connectivity index (χ2n) is 4.91. The van der Waals surface area contributed by atoms with Crippen LogP contribution < -0.4 is 5.73 Å². The molecule has 0 bridgehead atoms. The highest BCUT2D eigenvalue weighted by molar-refractivity contribution is 7.86. The quantitative estimate of drug-likeness (QED) is 0.692. The van der Waals surface area contributed by atoms with Gasteiger partial charge < -0.3 is 10.8 Å². The minimum absolute atomic E-state index is 0.169. The van der Waals surface area contributed by atoms with Crippen LogP contribution in [0.4, 0.5) is 0 Å². The van der Waals surface area contributed by atoms with Gasteiger partial charge in [-0.05, 0) is 32.7 Å². The van der Waals surface area contributed by atoms with Crippen molar-refractivity contribution in [3.63, 3.8) is 0 Å². The number of piperidine rings is 1. The maximum absolute atomic E-state index is 12.2. The zero-order chi connectivity index (χ0) is 13.1. The van der Waals surface area contributed by atoms with Crippen LogP contribution in [0.15, 0.2) is 0 Å². The molecule has 1 atom stereocenters. The number of nitrogens with zero attached hydrogens (tertiary/aromatic N) is 2. The Kier molecular flexibility index (Phi) is 4.91. The number of rotatable bonds is 5. The van der Waals surface area contributed by atoms with Gasteiger partial charge in [0.15, 0.2) is 0 Å². The monoisotopic (exact) mass is 265 g/mol. The summed E-state index contributed by atoms with van der Waals surface area (Å²) in [5, 5.41) is 9.92. The van der Waals surface area contributed by atoms with Crippen molar-refractivity contribution in [1.29, 1.82) is 0 Å². The molecule has 0 aliphatic carbocycles. The molecule has 17 heavy (non-hydrogen) atoms. The van der Waals surface area contributed by atoms with Crippen LogP contribution in [0.3, 0.4) is 0 Å². The maximum atomic E-state index is 12.2. The third-order valence-corrected chi connectivity index (χ3v) is 4.97. The van der Waals surface area contributed by atoms with Gasteiger partial charge in [-0.25, -0.2) is 0 Å². The van der Waals surface area contributed by atoms with E-state index in [-0.39, 0.29) is 6.54 Å². The van der Waals surface area contributed by atoms with Crippen molar-refractivity contribution in [2.45, 2.75) is 31.8 Å². The molecule has 6 nitrogen and oxygen atoms in total. The Morgan fingerprint density at radius 3 is 2.71 bits per heavy atom. The van der Waals surface area contributed by atoms with Gasteiger partial charge in [0.05, 0.1) is 5.60 Å². The van der Waals surface area contributed by atoms with Crippen LogP contribution in [0.5, 0.6) is 0 Å². The van der Waals surface area contributed by atoms with Crippen molar-refractivity contribution in [3.8, 4) is 0 Å². The zero-order valence-corrected chi connectivity index (χ0v) is 11.4. The van der Waals surface area contributed by atoms with Gasteiger partial charge in [0.2, 0.25) is 0 Å². The van der Waals surface area contributed by atoms with Crippen LogP contribution >= 0.6 is 0 Å². The lowest BCUT2D eigenvalue weighted by Crippen LogP contribution is -2.52. The molecular formula is C10H23N3O3S. The number of β-amino-alcohol motifs (C(OH)–C–C–N with tert-alkyl or cyclic N) is 1. The standard InChI is InChI=1S/C10H23N3O3S/c1-10(14)5-3-8-13(9-10)17(15,16)12(2)7-4-6-11/h14H,3-9,11H2,1-2H3. The SMILES string of the molecule is CN(CCCN)S(=O)(=O)N1CCCC(C)(O)C1. The van der Waals surface area contributed by atoms with Crippen molar-refractivity contribution < 1.29 is 13.5 Å². The lowest BCUT2D eigenvalue weighted by molar-refractivity contribution is 0.00800. The lowest BCUT2D eigenvalue weighted by atomic mass is 9.97. The molecule has 0 spiro atoms. The minimum atomic E-state index is -3.45. The van der Waals surface area contributed by atoms with E-state index in [1.165, 1.54) is 8.61 Å². The second kappa shape index (κ2) is 5.62. The molecular weight excluding hydrogens is 242 g/mol. The van der Waals surface area contributed by atoms with Crippen LogP contribution in [-0.4, -0.2) is 61.0 Å². The fourth-order valence-corrected chi connectivity index (χ4v) is 3.55. The number of aliphatic hydroxyl groups is 1. The third-order valence-electron chi connectivity index (χ3n) is 3.04. The van der Waals surface area contributed by atoms with Crippen LogP contribution in [0.1, 0.15) is 26.2 Å². The van der Waals surface area contributed by atoms with E-state index in [0.29, 0.717) is 38.9 Å². The molecule has 0 radical (unpaired) electrons. The lowest BCUT2D eigenvalue weighted by Gasteiger charge is -2.37. The summed E-state index contributed by atoms with van der Waals surface area (Å²) in [5.41, 5.74) is 4.45. The number of hydrogen-bond acceptors (Lipinski definition) is 4. The average molecular weight is 265 g/mol. The first-order valence-electron chi connectivity index (χ1n) is 5.93. The van der Waals surface area contributed by atoms with Crippen LogP contribution in [0.2, 0.25) is 0 Å². The first-order chi connectivity index (χ1) is 7.79. The van der Waals surface area contributed by atoms with Crippen LogP contribution in [0, 0.1) is 0 Å². The topological polar surface area (TPSA) is 86.9 Å². The largest absolute Gasteiger partial charge is 0.389 e. The molecule has 0 saturated carbocycles. The van der Waals surface area contributed by atoms with E-state index in [4.69, 9.17) is 5.73 Å². The Balaban J connectivity index is 2.69. The van der Waals surface area contributed by atoms with Crippen molar-refractivity contribution in [3.05, 3.63) is 0 Å². The molecule has 1 fully saturated rings.